The van der Waals surface area contributed by atoms with E-state index in [1.54, 1.807) is 19.2 Å². The number of hydrogen-bond acceptors (Lipinski definition) is 8. The fraction of sp³-hybridized carbons (Fsp3) is 0.300. The Morgan fingerprint density at radius 3 is 2.20 bits per heavy atom. The van der Waals surface area contributed by atoms with Gasteiger partial charge in [-0.1, -0.05) is 12.1 Å². The van der Waals surface area contributed by atoms with Crippen molar-refractivity contribution in [3.63, 3.8) is 0 Å². The van der Waals surface area contributed by atoms with Crippen molar-refractivity contribution in [2.45, 2.75) is 17.9 Å². The van der Waals surface area contributed by atoms with Gasteiger partial charge in [0, 0.05) is 26.1 Å². The van der Waals surface area contributed by atoms with Gasteiger partial charge in [-0.15, -0.1) is 0 Å². The summed E-state index contributed by atoms with van der Waals surface area (Å²) in [5.74, 6) is 2.19. The molecule has 1 heterocycles. The van der Waals surface area contributed by atoms with Crippen molar-refractivity contribution in [2.24, 2.45) is 0 Å². The molecule has 0 fully saturated rings. The molecule has 160 valence electrons. The summed E-state index contributed by atoms with van der Waals surface area (Å²) in [6, 6.07) is 14.1. The van der Waals surface area contributed by atoms with Crippen LogP contribution in [0.1, 0.15) is 16.4 Å². The summed E-state index contributed by atoms with van der Waals surface area (Å²) < 4.78 is 41.7. The molecule has 2 N–H and O–H groups in total. The van der Waals surface area contributed by atoms with E-state index in [4.69, 9.17) is 9.47 Å². The van der Waals surface area contributed by atoms with Gasteiger partial charge in [-0.2, -0.15) is 4.37 Å². The van der Waals surface area contributed by atoms with Gasteiger partial charge in [0.15, 0.2) is 0 Å². The number of rotatable bonds is 11. The van der Waals surface area contributed by atoms with Crippen LogP contribution in [0.3, 0.4) is 0 Å². The van der Waals surface area contributed by atoms with E-state index in [-0.39, 0.29) is 11.4 Å². The van der Waals surface area contributed by atoms with Crippen molar-refractivity contribution in [1.82, 2.24) is 19.4 Å². The molecule has 3 aromatic rings. The summed E-state index contributed by atoms with van der Waals surface area (Å²) in [6.45, 7) is 1.28. The van der Waals surface area contributed by atoms with Gasteiger partial charge >= 0.3 is 0 Å². The lowest BCUT2D eigenvalue weighted by Gasteiger charge is -2.08. The Morgan fingerprint density at radius 2 is 1.57 bits per heavy atom. The number of benzene rings is 2. The lowest BCUT2D eigenvalue weighted by molar-refractivity contribution is 0.414. The van der Waals surface area contributed by atoms with Gasteiger partial charge in [-0.25, -0.2) is 18.1 Å². The largest absolute Gasteiger partial charge is 0.497 e. The van der Waals surface area contributed by atoms with Gasteiger partial charge in [0.25, 0.3) is 0 Å². The standard InChI is InChI=1S/C20H24N4O4S2/c1-27-16-5-3-15(4-6-16)13-19-23-20(29-24-19)14-21-11-12-22-30(25,26)18-9-7-17(28-2)8-10-18/h3-10,21-22H,11-14H2,1-2H3. The van der Waals surface area contributed by atoms with E-state index in [2.05, 4.69) is 19.4 Å². The molecule has 0 aliphatic heterocycles. The average Bonchev–Trinajstić information content (AvgIpc) is 3.21. The van der Waals surface area contributed by atoms with E-state index in [0.29, 0.717) is 25.3 Å². The van der Waals surface area contributed by atoms with Crippen LogP contribution in [-0.2, 0) is 23.0 Å². The van der Waals surface area contributed by atoms with E-state index >= 15 is 0 Å². The normalized spacial score (nSPS) is 11.4. The molecular formula is C20H24N4O4S2. The molecule has 0 radical (unpaired) electrons. The van der Waals surface area contributed by atoms with E-state index < -0.39 is 10.0 Å². The van der Waals surface area contributed by atoms with Crippen molar-refractivity contribution in [3.05, 3.63) is 64.9 Å². The second-order valence-corrected chi connectivity index (χ2v) is 8.98. The van der Waals surface area contributed by atoms with E-state index in [1.165, 1.54) is 30.8 Å². The van der Waals surface area contributed by atoms with E-state index in [0.717, 1.165) is 22.1 Å². The Bertz CT molecular complexity index is 1040. The molecule has 8 nitrogen and oxygen atoms in total. The Hall–Kier alpha value is -2.53. The molecule has 2 aromatic carbocycles. The van der Waals surface area contributed by atoms with Crippen LogP contribution in [0.2, 0.25) is 0 Å². The maximum atomic E-state index is 12.3. The number of nitrogens with one attached hydrogen (secondary N) is 2. The fourth-order valence-electron chi connectivity index (χ4n) is 2.67. The van der Waals surface area contributed by atoms with Crippen LogP contribution < -0.4 is 19.5 Å². The SMILES string of the molecule is COc1ccc(Cc2nsc(CNCCNS(=O)(=O)c3ccc(OC)cc3)n2)cc1. The minimum Gasteiger partial charge on any atom is -0.497 e. The first-order valence-corrected chi connectivity index (χ1v) is 11.5. The maximum Gasteiger partial charge on any atom is 0.240 e. The smallest absolute Gasteiger partial charge is 0.240 e. The van der Waals surface area contributed by atoms with Crippen LogP contribution in [0, 0.1) is 0 Å². The Labute approximate surface area is 180 Å². The molecule has 0 atom stereocenters. The zero-order valence-corrected chi connectivity index (χ0v) is 18.4. The number of ether oxygens (including phenoxy) is 2. The minimum absolute atomic E-state index is 0.204. The first kappa shape index (κ1) is 22.2. The molecule has 0 unspecified atom stereocenters. The predicted molar refractivity (Wildman–Crippen MR) is 116 cm³/mol. The molecule has 1 aromatic heterocycles. The van der Waals surface area contributed by atoms with Crippen molar-refractivity contribution in [3.8, 4) is 11.5 Å². The Morgan fingerprint density at radius 1 is 0.933 bits per heavy atom. The Balaban J connectivity index is 1.41. The number of nitrogens with zero attached hydrogens (tertiary/aromatic N) is 2. The van der Waals surface area contributed by atoms with Gasteiger partial charge in [0.05, 0.1) is 19.1 Å². The summed E-state index contributed by atoms with van der Waals surface area (Å²) in [6.07, 6.45) is 0.655. The minimum atomic E-state index is -3.55. The third-order valence-electron chi connectivity index (χ3n) is 4.27. The maximum absolute atomic E-state index is 12.3. The van der Waals surface area contributed by atoms with Crippen molar-refractivity contribution >= 4 is 21.6 Å². The molecule has 0 saturated heterocycles. The van der Waals surface area contributed by atoms with Crippen LogP contribution in [0.25, 0.3) is 0 Å². The van der Waals surface area contributed by atoms with Crippen LogP contribution >= 0.6 is 11.5 Å². The molecular weight excluding hydrogens is 424 g/mol. The number of methoxy groups -OCH3 is 2. The highest BCUT2D eigenvalue weighted by atomic mass is 32.2. The van der Waals surface area contributed by atoms with Crippen molar-refractivity contribution in [2.75, 3.05) is 27.3 Å². The second-order valence-electron chi connectivity index (χ2n) is 6.38. The highest BCUT2D eigenvalue weighted by Gasteiger charge is 2.13. The first-order chi connectivity index (χ1) is 14.5. The zero-order chi connectivity index (χ0) is 21.4. The molecule has 0 aliphatic rings. The van der Waals surface area contributed by atoms with Gasteiger partial charge < -0.3 is 14.8 Å². The number of hydrogen-bond donors (Lipinski definition) is 2. The van der Waals surface area contributed by atoms with Crippen LogP contribution in [0.15, 0.2) is 53.4 Å². The topological polar surface area (TPSA) is 102 Å². The summed E-state index contributed by atoms with van der Waals surface area (Å²) in [5, 5.41) is 4.04. The highest BCUT2D eigenvalue weighted by molar-refractivity contribution is 7.89. The third-order valence-corrected chi connectivity index (χ3v) is 6.50. The molecule has 0 spiro atoms. The van der Waals surface area contributed by atoms with Crippen LogP contribution in [0.5, 0.6) is 11.5 Å². The summed E-state index contributed by atoms with van der Waals surface area (Å²) in [4.78, 5) is 4.73. The van der Waals surface area contributed by atoms with E-state index in [9.17, 15) is 8.42 Å². The van der Waals surface area contributed by atoms with Gasteiger partial charge in [-0.3, -0.25) is 0 Å². The van der Waals surface area contributed by atoms with Gasteiger partial charge in [0.2, 0.25) is 10.0 Å². The quantitative estimate of drug-likeness (QED) is 0.434. The first-order valence-electron chi connectivity index (χ1n) is 9.29. The predicted octanol–water partition coefficient (Wildman–Crippen LogP) is 2.21. The molecule has 0 amide bonds. The van der Waals surface area contributed by atoms with Crippen LogP contribution in [0.4, 0.5) is 0 Å². The highest BCUT2D eigenvalue weighted by Crippen LogP contribution is 2.16. The van der Waals surface area contributed by atoms with Crippen LogP contribution in [-0.4, -0.2) is 45.1 Å². The lowest BCUT2D eigenvalue weighted by Crippen LogP contribution is -2.31. The average molecular weight is 449 g/mol. The summed E-state index contributed by atoms with van der Waals surface area (Å²) >= 11 is 1.34. The third kappa shape index (κ3) is 6.23. The van der Waals surface area contributed by atoms with E-state index in [1.807, 2.05) is 24.3 Å². The molecule has 10 heteroatoms. The number of sulfonamides is 1. The Kier molecular flexibility index (Phi) is 7.75. The molecule has 0 saturated carbocycles. The fourth-order valence-corrected chi connectivity index (χ4v) is 4.33. The lowest BCUT2D eigenvalue weighted by atomic mass is 10.1. The van der Waals surface area contributed by atoms with Crippen molar-refractivity contribution < 1.29 is 17.9 Å². The van der Waals surface area contributed by atoms with Gasteiger partial charge in [0.1, 0.15) is 22.3 Å². The van der Waals surface area contributed by atoms with Gasteiger partial charge in [-0.05, 0) is 53.5 Å². The molecule has 30 heavy (non-hydrogen) atoms. The second kappa shape index (κ2) is 10.5. The molecule has 0 bridgehead atoms. The zero-order valence-electron chi connectivity index (χ0n) is 16.8. The summed E-state index contributed by atoms with van der Waals surface area (Å²) in [7, 11) is -0.371. The molecule has 3 rings (SSSR count). The molecule has 0 aliphatic carbocycles. The van der Waals surface area contributed by atoms with Crippen molar-refractivity contribution in [1.29, 1.82) is 0 Å². The summed E-state index contributed by atoms with van der Waals surface area (Å²) in [5.41, 5.74) is 1.11. The number of aromatic nitrogens is 2. The monoisotopic (exact) mass is 448 g/mol.